The largest absolute Gasteiger partial charge is 0.463 e. The van der Waals surface area contributed by atoms with Crippen LogP contribution in [-0.2, 0) is 25.6 Å². The van der Waals surface area contributed by atoms with Crippen molar-refractivity contribution < 1.29 is 19.1 Å². The van der Waals surface area contributed by atoms with Gasteiger partial charge in [-0.2, -0.15) is 0 Å². The average Bonchev–Trinajstić information content (AvgIpc) is 2.46. The van der Waals surface area contributed by atoms with E-state index in [1.54, 1.807) is 27.7 Å². The Hall–Kier alpha value is -1.88. The van der Waals surface area contributed by atoms with Gasteiger partial charge >= 0.3 is 11.9 Å². The molecule has 0 heterocycles. The summed E-state index contributed by atoms with van der Waals surface area (Å²) in [6, 6.07) is 9.25. The molecule has 0 spiro atoms. The summed E-state index contributed by atoms with van der Waals surface area (Å²) in [7, 11) is 0. The molecule has 0 saturated heterocycles. The van der Waals surface area contributed by atoms with Gasteiger partial charge in [0.2, 0.25) is 0 Å². The van der Waals surface area contributed by atoms with Crippen LogP contribution in [0.4, 0.5) is 0 Å². The van der Waals surface area contributed by atoms with Crippen molar-refractivity contribution in [3.8, 4) is 0 Å². The molecule has 1 rings (SSSR count). The minimum absolute atomic E-state index is 0.152. The molecule has 5 heteroatoms. The van der Waals surface area contributed by atoms with E-state index in [1.165, 1.54) is 0 Å². The van der Waals surface area contributed by atoms with Crippen LogP contribution >= 0.6 is 0 Å². The van der Waals surface area contributed by atoms with Gasteiger partial charge in [0.1, 0.15) is 6.04 Å². The first-order chi connectivity index (χ1) is 10.9. The minimum atomic E-state index is -0.530. The van der Waals surface area contributed by atoms with Crippen LogP contribution in [0.25, 0.3) is 0 Å². The second-order valence-electron chi connectivity index (χ2n) is 5.98. The van der Waals surface area contributed by atoms with E-state index in [-0.39, 0.29) is 30.6 Å². The number of nitrogens with one attached hydrogen (secondary N) is 1. The van der Waals surface area contributed by atoms with Gasteiger partial charge in [-0.15, -0.1) is 0 Å². The highest BCUT2D eigenvalue weighted by molar-refractivity contribution is 5.77. The summed E-state index contributed by atoms with van der Waals surface area (Å²) in [5.41, 5.74) is 1.07. The molecule has 0 fully saturated rings. The molecule has 1 aromatic rings. The van der Waals surface area contributed by atoms with Gasteiger partial charge in [-0.25, -0.2) is 0 Å². The number of rotatable bonds is 9. The van der Waals surface area contributed by atoms with Gasteiger partial charge in [0.05, 0.1) is 12.2 Å². The molecule has 5 nitrogen and oxygen atoms in total. The van der Waals surface area contributed by atoms with Gasteiger partial charge < -0.3 is 14.8 Å². The minimum Gasteiger partial charge on any atom is -0.463 e. The Morgan fingerprint density at radius 1 is 1.00 bits per heavy atom. The maximum Gasteiger partial charge on any atom is 0.323 e. The zero-order valence-corrected chi connectivity index (χ0v) is 14.4. The van der Waals surface area contributed by atoms with Crippen LogP contribution in [0.5, 0.6) is 0 Å². The van der Waals surface area contributed by atoms with E-state index < -0.39 is 6.04 Å². The van der Waals surface area contributed by atoms with Gasteiger partial charge in [-0.05, 0) is 39.7 Å². The Bertz CT molecular complexity index is 485. The topological polar surface area (TPSA) is 64.6 Å². The van der Waals surface area contributed by atoms with E-state index in [0.717, 1.165) is 5.56 Å². The van der Waals surface area contributed by atoms with Crippen LogP contribution in [0.3, 0.4) is 0 Å². The summed E-state index contributed by atoms with van der Waals surface area (Å²) in [4.78, 5) is 23.8. The van der Waals surface area contributed by atoms with Crippen LogP contribution < -0.4 is 5.32 Å². The third kappa shape index (κ3) is 8.35. The lowest BCUT2D eigenvalue weighted by molar-refractivity contribution is -0.151. The van der Waals surface area contributed by atoms with E-state index in [9.17, 15) is 9.59 Å². The van der Waals surface area contributed by atoms with Crippen molar-refractivity contribution in [2.24, 2.45) is 0 Å². The highest BCUT2D eigenvalue weighted by atomic mass is 16.5. The van der Waals surface area contributed by atoms with E-state index >= 15 is 0 Å². The standard InChI is InChI=1S/C18H27NO4/c1-13(2)22-17(20)11-10-16(18(21)23-14(3)4)19-12-15-8-6-5-7-9-15/h5-9,13-14,16,19H,10-12H2,1-4H3/t16-/m1/s1. The second-order valence-corrected chi connectivity index (χ2v) is 5.98. The van der Waals surface area contributed by atoms with Gasteiger partial charge in [-0.1, -0.05) is 30.3 Å². The van der Waals surface area contributed by atoms with Gasteiger partial charge in [-0.3, -0.25) is 9.59 Å². The summed E-state index contributed by atoms with van der Waals surface area (Å²) in [5.74, 6) is -0.642. The zero-order valence-electron chi connectivity index (χ0n) is 14.4. The van der Waals surface area contributed by atoms with E-state index in [1.807, 2.05) is 30.3 Å². The van der Waals surface area contributed by atoms with E-state index in [2.05, 4.69) is 5.32 Å². The van der Waals surface area contributed by atoms with Crippen molar-refractivity contribution in [1.29, 1.82) is 0 Å². The SMILES string of the molecule is CC(C)OC(=O)CC[C@@H](NCc1ccccc1)C(=O)OC(C)C. The molecule has 0 aliphatic heterocycles. The van der Waals surface area contributed by atoms with Crippen LogP contribution in [0.15, 0.2) is 30.3 Å². The Kier molecular flexibility index (Phi) is 8.33. The highest BCUT2D eigenvalue weighted by Gasteiger charge is 2.22. The number of hydrogen-bond acceptors (Lipinski definition) is 5. The van der Waals surface area contributed by atoms with Crippen LogP contribution in [0.1, 0.15) is 46.1 Å². The van der Waals surface area contributed by atoms with E-state index in [0.29, 0.717) is 13.0 Å². The molecule has 0 aliphatic carbocycles. The number of ether oxygens (including phenoxy) is 2. The first-order valence-electron chi connectivity index (χ1n) is 8.05. The average molecular weight is 321 g/mol. The zero-order chi connectivity index (χ0) is 17.2. The quantitative estimate of drug-likeness (QED) is 0.709. The van der Waals surface area contributed by atoms with Crippen molar-refractivity contribution in [2.75, 3.05) is 0 Å². The normalized spacial score (nSPS) is 12.3. The van der Waals surface area contributed by atoms with E-state index in [4.69, 9.17) is 9.47 Å². The molecule has 0 amide bonds. The first-order valence-corrected chi connectivity index (χ1v) is 8.05. The van der Waals surface area contributed by atoms with Gasteiger partial charge in [0.25, 0.3) is 0 Å². The van der Waals surface area contributed by atoms with Crippen LogP contribution in [0, 0.1) is 0 Å². The van der Waals surface area contributed by atoms with Crippen molar-refractivity contribution in [2.45, 2.75) is 65.3 Å². The van der Waals surface area contributed by atoms with Crippen molar-refractivity contribution in [3.05, 3.63) is 35.9 Å². The molecule has 1 N–H and O–H groups in total. The van der Waals surface area contributed by atoms with Crippen molar-refractivity contribution in [1.82, 2.24) is 5.32 Å². The maximum atomic E-state index is 12.2. The molecule has 0 unspecified atom stereocenters. The van der Waals surface area contributed by atoms with Crippen molar-refractivity contribution >= 4 is 11.9 Å². The molecular formula is C18H27NO4. The molecule has 1 atom stereocenters. The molecule has 23 heavy (non-hydrogen) atoms. The fraction of sp³-hybridized carbons (Fsp3) is 0.556. The lowest BCUT2D eigenvalue weighted by atomic mass is 10.1. The predicted octanol–water partition coefficient (Wildman–Crippen LogP) is 2.83. The summed E-state index contributed by atoms with van der Waals surface area (Å²) >= 11 is 0. The van der Waals surface area contributed by atoms with Crippen LogP contribution in [-0.4, -0.2) is 30.2 Å². The number of carbonyl (C=O) groups is 2. The van der Waals surface area contributed by atoms with Gasteiger partial charge in [0, 0.05) is 13.0 Å². The molecule has 0 aromatic heterocycles. The number of esters is 2. The Morgan fingerprint density at radius 2 is 1.61 bits per heavy atom. The fourth-order valence-corrected chi connectivity index (χ4v) is 2.04. The molecule has 0 saturated carbocycles. The lowest BCUT2D eigenvalue weighted by Gasteiger charge is -2.19. The summed E-state index contributed by atoms with van der Waals surface area (Å²) < 4.78 is 10.4. The summed E-state index contributed by atoms with van der Waals surface area (Å²) in [6.45, 7) is 7.75. The molecule has 128 valence electrons. The fourth-order valence-electron chi connectivity index (χ4n) is 2.04. The lowest BCUT2D eigenvalue weighted by Crippen LogP contribution is -2.39. The molecule has 1 aromatic carbocycles. The van der Waals surface area contributed by atoms with Crippen molar-refractivity contribution in [3.63, 3.8) is 0 Å². The summed E-state index contributed by atoms with van der Waals surface area (Å²) in [6.07, 6.45) is 0.189. The maximum absolute atomic E-state index is 12.2. The van der Waals surface area contributed by atoms with Crippen LogP contribution in [0.2, 0.25) is 0 Å². The molecular weight excluding hydrogens is 294 g/mol. The second kappa shape index (κ2) is 10.0. The third-order valence-corrected chi connectivity index (χ3v) is 3.04. The Morgan fingerprint density at radius 3 is 2.17 bits per heavy atom. The first kappa shape index (κ1) is 19.2. The Balaban J connectivity index is 2.58. The monoisotopic (exact) mass is 321 g/mol. The summed E-state index contributed by atoms with van der Waals surface area (Å²) in [5, 5.41) is 3.17. The molecule has 0 aliphatic rings. The smallest absolute Gasteiger partial charge is 0.323 e. The predicted molar refractivity (Wildman–Crippen MR) is 88.8 cm³/mol. The number of carbonyl (C=O) groups excluding carboxylic acids is 2. The number of benzene rings is 1. The highest BCUT2D eigenvalue weighted by Crippen LogP contribution is 2.07. The number of hydrogen-bond donors (Lipinski definition) is 1. The van der Waals surface area contributed by atoms with Gasteiger partial charge in [0.15, 0.2) is 0 Å². The Labute approximate surface area is 138 Å². The molecule has 0 radical (unpaired) electrons. The third-order valence-electron chi connectivity index (χ3n) is 3.04. The molecule has 0 bridgehead atoms.